The van der Waals surface area contributed by atoms with Gasteiger partial charge in [0.05, 0.1) is 12.6 Å². The fourth-order valence-corrected chi connectivity index (χ4v) is 4.46. The number of nitrogens with zero attached hydrogens (tertiary/aromatic N) is 2. The standard InChI is InChI=1S/C23H28N2O2/c1-17(2)25-16-23(27-18(3)22(25)26)14-24(15-23)21(19-10-6-4-7-11-19)20-12-8-5-9-13-20/h4-13,17-18,21H,14-16H2,1-3H3/t18-/m0/s1. The van der Waals surface area contributed by atoms with Crippen molar-refractivity contribution in [2.45, 2.75) is 44.6 Å². The molecule has 2 aromatic carbocycles. The quantitative estimate of drug-likeness (QED) is 0.833. The molecular weight excluding hydrogens is 336 g/mol. The molecule has 27 heavy (non-hydrogen) atoms. The monoisotopic (exact) mass is 364 g/mol. The van der Waals surface area contributed by atoms with Crippen molar-refractivity contribution in [3.8, 4) is 0 Å². The van der Waals surface area contributed by atoms with Crippen molar-refractivity contribution in [3.05, 3.63) is 71.8 Å². The number of benzene rings is 2. The van der Waals surface area contributed by atoms with Gasteiger partial charge in [0.15, 0.2) is 0 Å². The molecule has 1 amide bonds. The fourth-order valence-electron chi connectivity index (χ4n) is 4.46. The van der Waals surface area contributed by atoms with Crippen molar-refractivity contribution in [3.63, 3.8) is 0 Å². The van der Waals surface area contributed by atoms with Crippen molar-refractivity contribution in [1.29, 1.82) is 0 Å². The SMILES string of the molecule is CC(C)N1CC2(CN(C(c3ccccc3)c3ccccc3)C2)O[C@@H](C)C1=O. The van der Waals surface area contributed by atoms with Gasteiger partial charge in [-0.15, -0.1) is 0 Å². The van der Waals surface area contributed by atoms with Crippen molar-refractivity contribution in [2.24, 2.45) is 0 Å². The van der Waals surface area contributed by atoms with Crippen LogP contribution in [0.2, 0.25) is 0 Å². The third kappa shape index (κ3) is 3.40. The molecule has 2 heterocycles. The van der Waals surface area contributed by atoms with Crippen LogP contribution < -0.4 is 0 Å². The smallest absolute Gasteiger partial charge is 0.251 e. The molecule has 0 aromatic heterocycles. The minimum absolute atomic E-state index is 0.108. The van der Waals surface area contributed by atoms with Crippen LogP contribution in [0.5, 0.6) is 0 Å². The summed E-state index contributed by atoms with van der Waals surface area (Å²) in [6.45, 7) is 8.39. The molecular formula is C23H28N2O2. The number of rotatable bonds is 4. The maximum absolute atomic E-state index is 12.4. The molecule has 0 unspecified atom stereocenters. The van der Waals surface area contributed by atoms with Gasteiger partial charge >= 0.3 is 0 Å². The average Bonchev–Trinajstić information content (AvgIpc) is 2.65. The minimum Gasteiger partial charge on any atom is -0.358 e. The van der Waals surface area contributed by atoms with Gasteiger partial charge in [-0.25, -0.2) is 0 Å². The molecule has 0 bridgehead atoms. The number of carbonyl (C=O) groups excluding carboxylic acids is 1. The molecule has 2 aromatic rings. The Morgan fingerprint density at radius 2 is 1.44 bits per heavy atom. The Balaban J connectivity index is 1.58. The molecule has 0 aliphatic carbocycles. The zero-order valence-corrected chi connectivity index (χ0v) is 16.3. The van der Waals surface area contributed by atoms with E-state index in [1.165, 1.54) is 11.1 Å². The summed E-state index contributed by atoms with van der Waals surface area (Å²) in [6, 6.07) is 21.7. The Labute approximate surface area is 161 Å². The van der Waals surface area contributed by atoms with Gasteiger partial charge in [0.25, 0.3) is 5.91 Å². The summed E-state index contributed by atoms with van der Waals surface area (Å²) in [4.78, 5) is 16.9. The number of ether oxygens (including phenoxy) is 1. The Morgan fingerprint density at radius 1 is 0.926 bits per heavy atom. The summed E-state index contributed by atoms with van der Waals surface area (Å²) in [5.74, 6) is 0.108. The molecule has 0 N–H and O–H groups in total. The Bertz CT molecular complexity index is 745. The molecule has 142 valence electrons. The number of hydrogen-bond acceptors (Lipinski definition) is 3. The van der Waals surface area contributed by atoms with Gasteiger partial charge in [-0.2, -0.15) is 0 Å². The summed E-state index contributed by atoms with van der Waals surface area (Å²) in [6.07, 6.45) is -0.366. The zero-order valence-electron chi connectivity index (χ0n) is 16.3. The number of carbonyl (C=O) groups is 1. The predicted octanol–water partition coefficient (Wildman–Crippen LogP) is 3.49. The molecule has 2 saturated heterocycles. The first kappa shape index (κ1) is 18.2. The maximum atomic E-state index is 12.4. The molecule has 2 aliphatic rings. The molecule has 0 radical (unpaired) electrons. The largest absolute Gasteiger partial charge is 0.358 e. The van der Waals surface area contributed by atoms with Crippen LogP contribution in [0.3, 0.4) is 0 Å². The molecule has 1 atom stereocenters. The van der Waals surface area contributed by atoms with Crippen molar-refractivity contribution in [1.82, 2.24) is 9.80 Å². The van der Waals surface area contributed by atoms with Gasteiger partial charge in [-0.1, -0.05) is 60.7 Å². The number of morpholine rings is 1. The van der Waals surface area contributed by atoms with Gasteiger partial charge in [0.2, 0.25) is 0 Å². The second-order valence-corrected chi connectivity index (χ2v) is 8.13. The number of amides is 1. The van der Waals surface area contributed by atoms with Crippen LogP contribution in [0.25, 0.3) is 0 Å². The summed E-state index contributed by atoms with van der Waals surface area (Å²) in [7, 11) is 0. The van der Waals surface area contributed by atoms with Crippen LogP contribution in [0, 0.1) is 0 Å². The second kappa shape index (κ2) is 7.10. The predicted molar refractivity (Wildman–Crippen MR) is 106 cm³/mol. The number of hydrogen-bond donors (Lipinski definition) is 0. The summed E-state index contributed by atoms with van der Waals surface area (Å²) >= 11 is 0. The lowest BCUT2D eigenvalue weighted by molar-refractivity contribution is -0.221. The average molecular weight is 364 g/mol. The fraction of sp³-hybridized carbons (Fsp3) is 0.435. The summed E-state index contributed by atoms with van der Waals surface area (Å²) in [5.41, 5.74) is 2.33. The molecule has 0 saturated carbocycles. The zero-order chi connectivity index (χ0) is 19.0. The van der Waals surface area contributed by atoms with Gasteiger partial charge in [-0.3, -0.25) is 9.69 Å². The highest BCUT2D eigenvalue weighted by molar-refractivity contribution is 5.81. The topological polar surface area (TPSA) is 32.8 Å². The molecule has 2 aliphatic heterocycles. The van der Waals surface area contributed by atoms with Gasteiger partial charge in [0.1, 0.15) is 11.7 Å². The lowest BCUT2D eigenvalue weighted by Crippen LogP contribution is -2.73. The van der Waals surface area contributed by atoms with Gasteiger partial charge < -0.3 is 9.64 Å². The van der Waals surface area contributed by atoms with E-state index in [2.05, 4.69) is 79.4 Å². The normalized spacial score (nSPS) is 22.5. The van der Waals surface area contributed by atoms with Crippen molar-refractivity contribution in [2.75, 3.05) is 19.6 Å². The van der Waals surface area contributed by atoms with E-state index >= 15 is 0 Å². The second-order valence-electron chi connectivity index (χ2n) is 8.13. The van der Waals surface area contributed by atoms with Crippen molar-refractivity contribution >= 4 is 5.91 Å². The van der Waals surface area contributed by atoms with E-state index in [9.17, 15) is 4.79 Å². The van der Waals surface area contributed by atoms with E-state index in [1.54, 1.807) is 0 Å². The first-order chi connectivity index (χ1) is 13.0. The van der Waals surface area contributed by atoms with E-state index < -0.39 is 0 Å². The maximum Gasteiger partial charge on any atom is 0.251 e. The highest BCUT2D eigenvalue weighted by Crippen LogP contribution is 2.40. The van der Waals surface area contributed by atoms with E-state index in [0.29, 0.717) is 6.54 Å². The Hall–Kier alpha value is -2.17. The molecule has 4 rings (SSSR count). The third-order valence-corrected chi connectivity index (χ3v) is 5.72. The van der Waals surface area contributed by atoms with Crippen LogP contribution in [0.15, 0.2) is 60.7 Å². The van der Waals surface area contributed by atoms with Crippen LogP contribution in [-0.2, 0) is 9.53 Å². The van der Waals surface area contributed by atoms with Crippen molar-refractivity contribution < 1.29 is 9.53 Å². The van der Waals surface area contributed by atoms with Crippen LogP contribution >= 0.6 is 0 Å². The highest BCUT2D eigenvalue weighted by Gasteiger charge is 2.53. The molecule has 2 fully saturated rings. The summed E-state index contributed by atoms with van der Waals surface area (Å²) < 4.78 is 6.22. The van der Waals surface area contributed by atoms with E-state index in [-0.39, 0.29) is 29.7 Å². The van der Waals surface area contributed by atoms with Crippen LogP contribution in [-0.4, -0.2) is 53.1 Å². The van der Waals surface area contributed by atoms with E-state index in [4.69, 9.17) is 4.74 Å². The van der Waals surface area contributed by atoms with Gasteiger partial charge in [-0.05, 0) is 31.9 Å². The van der Waals surface area contributed by atoms with E-state index in [1.807, 2.05) is 11.8 Å². The Morgan fingerprint density at radius 3 is 1.93 bits per heavy atom. The number of likely N-dealkylation sites (tertiary alicyclic amines) is 1. The molecule has 1 spiro atoms. The first-order valence-electron chi connectivity index (χ1n) is 9.81. The lowest BCUT2D eigenvalue weighted by atomic mass is 9.85. The molecule has 4 heteroatoms. The third-order valence-electron chi connectivity index (χ3n) is 5.72. The molecule has 4 nitrogen and oxygen atoms in total. The van der Waals surface area contributed by atoms with Gasteiger partial charge in [0, 0.05) is 19.1 Å². The lowest BCUT2D eigenvalue weighted by Gasteiger charge is -2.57. The van der Waals surface area contributed by atoms with E-state index in [0.717, 1.165) is 13.1 Å². The van der Waals surface area contributed by atoms with Crippen LogP contribution in [0.1, 0.15) is 37.9 Å². The highest BCUT2D eigenvalue weighted by atomic mass is 16.5. The van der Waals surface area contributed by atoms with Crippen LogP contribution in [0.4, 0.5) is 0 Å². The summed E-state index contributed by atoms with van der Waals surface area (Å²) in [5, 5.41) is 0. The minimum atomic E-state index is -0.366. The Kier molecular flexibility index (Phi) is 4.79. The first-order valence-corrected chi connectivity index (χ1v) is 9.81.